The van der Waals surface area contributed by atoms with Crippen LogP contribution in [0.3, 0.4) is 0 Å². The Kier molecular flexibility index (Phi) is 5.50. The lowest BCUT2D eigenvalue weighted by Gasteiger charge is -2.23. The fourth-order valence-electron chi connectivity index (χ4n) is 4.94. The molecule has 3 heterocycles. The van der Waals surface area contributed by atoms with Gasteiger partial charge >= 0.3 is 24.1 Å². The van der Waals surface area contributed by atoms with Crippen LogP contribution >= 0.6 is 0 Å². The first-order chi connectivity index (χ1) is 16.6. The second-order valence-corrected chi connectivity index (χ2v) is 8.67. The number of benzene rings is 1. The topological polar surface area (TPSA) is 74.1 Å². The van der Waals surface area contributed by atoms with Crippen molar-refractivity contribution in [3.63, 3.8) is 0 Å². The molecule has 1 atom stereocenters. The molecule has 0 saturated carbocycles. The van der Waals surface area contributed by atoms with Crippen molar-refractivity contribution >= 4 is 34.6 Å². The van der Waals surface area contributed by atoms with Crippen LogP contribution in [0, 0.1) is 5.92 Å². The monoisotopic (exact) mass is 483 g/mol. The van der Waals surface area contributed by atoms with Gasteiger partial charge < -0.3 is 13.9 Å². The van der Waals surface area contributed by atoms with Crippen LogP contribution < -0.4 is 0 Å². The Morgan fingerprint density at radius 3 is 2.63 bits per heavy atom. The van der Waals surface area contributed by atoms with Crippen LogP contribution in [0.15, 0.2) is 48.7 Å². The number of aryl methyl sites for hydroxylation is 1. The van der Waals surface area contributed by atoms with E-state index in [-0.39, 0.29) is 29.2 Å². The van der Waals surface area contributed by atoms with Gasteiger partial charge in [-0.15, -0.1) is 0 Å². The molecule has 0 bridgehead atoms. The second-order valence-electron chi connectivity index (χ2n) is 8.67. The molecule has 1 unspecified atom stereocenters. The Morgan fingerprint density at radius 2 is 1.89 bits per heavy atom. The van der Waals surface area contributed by atoms with E-state index in [0.717, 1.165) is 29.8 Å². The lowest BCUT2D eigenvalue weighted by Crippen LogP contribution is -2.21. The first kappa shape index (κ1) is 22.9. The number of hydrogen-bond acceptors (Lipinski definition) is 5. The number of alkyl halides is 3. The quantitative estimate of drug-likeness (QED) is 0.400. The number of esters is 3. The van der Waals surface area contributed by atoms with Crippen LogP contribution in [-0.2, 0) is 42.9 Å². The summed E-state index contributed by atoms with van der Waals surface area (Å²) in [5.41, 5.74) is 1.65. The van der Waals surface area contributed by atoms with Gasteiger partial charge in [0.05, 0.1) is 28.8 Å². The number of pyridine rings is 1. The number of carbonyl (C=O) groups excluding carboxylic acids is 3. The number of fused-ring (bicyclic) bond motifs is 3. The minimum Gasteiger partial charge on any atom is -0.466 e. The zero-order valence-electron chi connectivity index (χ0n) is 18.6. The Bertz CT molecular complexity index is 1420. The molecular formula is C26H20F3NO5. The van der Waals surface area contributed by atoms with Gasteiger partial charge in [-0.2, -0.15) is 13.2 Å². The smallest absolute Gasteiger partial charge is 0.416 e. The molecule has 0 fully saturated rings. The number of nitrogens with zero attached hydrogens (tertiary/aromatic N) is 1. The zero-order chi connectivity index (χ0) is 24.9. The first-order valence-corrected chi connectivity index (χ1v) is 11.1. The summed E-state index contributed by atoms with van der Waals surface area (Å²) in [5.74, 6) is -2.28. The molecule has 6 nitrogen and oxygen atoms in total. The van der Waals surface area contributed by atoms with Crippen LogP contribution in [0.5, 0.6) is 0 Å². The molecule has 0 amide bonds. The molecule has 3 aromatic rings. The molecule has 9 heteroatoms. The van der Waals surface area contributed by atoms with E-state index in [1.807, 2.05) is 16.7 Å². The van der Waals surface area contributed by atoms with Gasteiger partial charge in [0.1, 0.15) is 0 Å². The summed E-state index contributed by atoms with van der Waals surface area (Å²) in [7, 11) is 0. The number of cyclic esters (lactones) is 2. The highest BCUT2D eigenvalue weighted by molar-refractivity contribution is 6.45. The third-order valence-electron chi connectivity index (χ3n) is 6.43. The van der Waals surface area contributed by atoms with E-state index in [2.05, 4.69) is 0 Å². The number of rotatable bonds is 4. The summed E-state index contributed by atoms with van der Waals surface area (Å²) < 4.78 is 52.2. The van der Waals surface area contributed by atoms with E-state index < -0.39 is 29.6 Å². The van der Waals surface area contributed by atoms with Gasteiger partial charge in [-0.05, 0) is 60.6 Å². The van der Waals surface area contributed by atoms with Crippen LogP contribution in [0.25, 0.3) is 16.7 Å². The third kappa shape index (κ3) is 4.00. The molecule has 2 aromatic heterocycles. The van der Waals surface area contributed by atoms with Crippen molar-refractivity contribution in [3.05, 3.63) is 76.6 Å². The first-order valence-electron chi connectivity index (χ1n) is 11.1. The van der Waals surface area contributed by atoms with E-state index in [9.17, 15) is 27.6 Å². The van der Waals surface area contributed by atoms with Crippen molar-refractivity contribution in [1.82, 2.24) is 4.40 Å². The van der Waals surface area contributed by atoms with E-state index >= 15 is 0 Å². The van der Waals surface area contributed by atoms with Gasteiger partial charge in [0.2, 0.25) is 0 Å². The van der Waals surface area contributed by atoms with Gasteiger partial charge in [0.15, 0.2) is 0 Å². The van der Waals surface area contributed by atoms with Gasteiger partial charge in [0.25, 0.3) is 0 Å². The summed E-state index contributed by atoms with van der Waals surface area (Å²) in [6.45, 7) is 1.54. The van der Waals surface area contributed by atoms with Crippen molar-refractivity contribution in [3.8, 4) is 0 Å². The Labute approximate surface area is 197 Å². The van der Waals surface area contributed by atoms with Crippen LogP contribution in [0.2, 0.25) is 0 Å². The van der Waals surface area contributed by atoms with Crippen molar-refractivity contribution in [2.45, 2.75) is 32.4 Å². The molecule has 0 saturated heterocycles. The molecule has 0 radical (unpaired) electrons. The highest BCUT2D eigenvalue weighted by Crippen LogP contribution is 2.43. The molecule has 2 aliphatic rings. The Morgan fingerprint density at radius 1 is 1.11 bits per heavy atom. The van der Waals surface area contributed by atoms with E-state index in [1.54, 1.807) is 12.1 Å². The summed E-state index contributed by atoms with van der Waals surface area (Å²) >= 11 is 0. The summed E-state index contributed by atoms with van der Waals surface area (Å²) in [4.78, 5) is 37.0. The minimum atomic E-state index is -4.62. The average molecular weight is 483 g/mol. The van der Waals surface area contributed by atoms with Crippen molar-refractivity contribution < 1.29 is 37.0 Å². The lowest BCUT2D eigenvalue weighted by molar-refractivity contribution is -0.149. The molecular weight excluding hydrogens is 463 g/mol. The van der Waals surface area contributed by atoms with Gasteiger partial charge in [-0.3, -0.25) is 4.79 Å². The summed E-state index contributed by atoms with van der Waals surface area (Å²) in [6.07, 6.45) is -0.905. The molecule has 5 rings (SSSR count). The fraction of sp³-hybridized carbons (Fsp3) is 0.269. The van der Waals surface area contributed by atoms with E-state index in [4.69, 9.17) is 9.47 Å². The van der Waals surface area contributed by atoms with E-state index in [1.165, 1.54) is 19.1 Å². The minimum absolute atomic E-state index is 0.00621. The van der Waals surface area contributed by atoms with Crippen LogP contribution in [-0.4, -0.2) is 28.9 Å². The normalized spacial score (nSPS) is 18.1. The predicted octanol–water partition coefficient (Wildman–Crippen LogP) is 4.62. The van der Waals surface area contributed by atoms with Gasteiger partial charge in [-0.1, -0.05) is 18.2 Å². The summed E-state index contributed by atoms with van der Waals surface area (Å²) in [6, 6.07) is 9.72. The van der Waals surface area contributed by atoms with Gasteiger partial charge in [0, 0.05) is 24.4 Å². The van der Waals surface area contributed by atoms with Crippen LogP contribution in [0.4, 0.5) is 13.2 Å². The molecule has 1 aliphatic heterocycles. The standard InChI is InChI=1S/C26H20F3NO5/c1-14(31)34-13-15-8-9-19-18(11-15)22(20-7-2-3-10-30(19)20)23-21(24(32)35-25(23)33)16-5-4-6-17(12-16)26(27,28)29/h2-7,10,12,15H,8-9,11,13H2,1H3. The second kappa shape index (κ2) is 8.41. The highest BCUT2D eigenvalue weighted by Gasteiger charge is 2.40. The third-order valence-corrected chi connectivity index (χ3v) is 6.43. The number of halogens is 3. The maximum absolute atomic E-state index is 13.4. The molecule has 0 N–H and O–H groups in total. The van der Waals surface area contributed by atoms with E-state index in [0.29, 0.717) is 23.9 Å². The molecule has 1 aromatic carbocycles. The largest absolute Gasteiger partial charge is 0.466 e. The highest BCUT2D eigenvalue weighted by atomic mass is 19.4. The molecule has 35 heavy (non-hydrogen) atoms. The van der Waals surface area contributed by atoms with Crippen molar-refractivity contribution in [2.75, 3.05) is 6.61 Å². The molecule has 180 valence electrons. The SMILES string of the molecule is CC(=O)OCC1CCc2c(c(C3=C(c4cccc(C(F)(F)F)c4)C(=O)OC3=O)c3ccccn23)C1. The maximum Gasteiger partial charge on any atom is 0.416 e. The lowest BCUT2D eigenvalue weighted by atomic mass is 9.83. The fourth-order valence-corrected chi connectivity index (χ4v) is 4.94. The Hall–Kier alpha value is -3.88. The number of hydrogen-bond donors (Lipinski definition) is 0. The maximum atomic E-state index is 13.4. The zero-order valence-corrected chi connectivity index (χ0v) is 18.6. The Balaban J connectivity index is 1.72. The van der Waals surface area contributed by atoms with Gasteiger partial charge in [-0.25, -0.2) is 9.59 Å². The van der Waals surface area contributed by atoms with Crippen LogP contribution in [0.1, 0.15) is 41.3 Å². The molecule has 0 spiro atoms. The average Bonchev–Trinajstić information content (AvgIpc) is 3.29. The number of ether oxygens (including phenoxy) is 2. The van der Waals surface area contributed by atoms with Crippen molar-refractivity contribution in [2.24, 2.45) is 5.92 Å². The van der Waals surface area contributed by atoms with Crippen molar-refractivity contribution in [1.29, 1.82) is 0 Å². The number of aromatic nitrogens is 1. The number of carbonyl (C=O) groups is 3. The predicted molar refractivity (Wildman–Crippen MR) is 119 cm³/mol. The molecule has 1 aliphatic carbocycles. The summed E-state index contributed by atoms with van der Waals surface area (Å²) in [5, 5.41) is 0.